The number of rotatable bonds is 9. The molecule has 3 aromatic rings. The second kappa shape index (κ2) is 12.8. The van der Waals surface area contributed by atoms with Crippen LogP contribution in [0.5, 0.6) is 5.75 Å². The standard InChI is InChI=1S/C32H38ClN3O2S/c1-35(2)32(16-19-39-23-32)22-34-31(37)27-12-13-30(29(33)20-27)38-28-14-17-36(18-15-28)21-24-8-10-26(11-9-24)25-6-4-3-5-7-25/h3-13,20,28H,14-19,21-23H2,1-2H3,(H,34,37). The molecule has 1 unspecified atom stereocenters. The second-order valence-electron chi connectivity index (χ2n) is 10.9. The second-order valence-corrected chi connectivity index (χ2v) is 12.4. The summed E-state index contributed by atoms with van der Waals surface area (Å²) in [5.74, 6) is 2.73. The van der Waals surface area contributed by atoms with Crippen molar-refractivity contribution in [3.8, 4) is 16.9 Å². The van der Waals surface area contributed by atoms with Gasteiger partial charge in [0.15, 0.2) is 0 Å². The topological polar surface area (TPSA) is 44.8 Å². The minimum Gasteiger partial charge on any atom is -0.489 e. The number of likely N-dealkylation sites (tertiary alicyclic amines) is 1. The summed E-state index contributed by atoms with van der Waals surface area (Å²) in [5.41, 5.74) is 4.41. The highest BCUT2D eigenvalue weighted by atomic mass is 35.5. The van der Waals surface area contributed by atoms with Crippen molar-refractivity contribution >= 4 is 29.3 Å². The van der Waals surface area contributed by atoms with Crippen molar-refractivity contribution in [2.75, 3.05) is 45.2 Å². The Morgan fingerprint density at radius 1 is 1.05 bits per heavy atom. The fraction of sp³-hybridized carbons (Fsp3) is 0.406. The molecule has 0 saturated carbocycles. The molecule has 2 fully saturated rings. The first kappa shape index (κ1) is 28.0. The summed E-state index contributed by atoms with van der Waals surface area (Å²) >= 11 is 8.51. The molecule has 0 aromatic heterocycles. The number of halogens is 1. The average molecular weight is 564 g/mol. The lowest BCUT2D eigenvalue weighted by Crippen LogP contribution is -2.53. The number of amides is 1. The van der Waals surface area contributed by atoms with Crippen molar-refractivity contribution in [3.63, 3.8) is 0 Å². The minimum absolute atomic E-state index is 0.0215. The van der Waals surface area contributed by atoms with Crippen LogP contribution in [0.4, 0.5) is 0 Å². The molecular weight excluding hydrogens is 526 g/mol. The van der Waals surface area contributed by atoms with E-state index in [4.69, 9.17) is 16.3 Å². The van der Waals surface area contributed by atoms with E-state index in [1.54, 1.807) is 6.07 Å². The highest BCUT2D eigenvalue weighted by Crippen LogP contribution is 2.32. The third-order valence-corrected chi connectivity index (χ3v) is 9.63. The van der Waals surface area contributed by atoms with Crippen molar-refractivity contribution in [2.24, 2.45) is 0 Å². The zero-order valence-electron chi connectivity index (χ0n) is 22.9. The first-order valence-corrected chi connectivity index (χ1v) is 15.3. The lowest BCUT2D eigenvalue weighted by molar-refractivity contribution is 0.0913. The van der Waals surface area contributed by atoms with E-state index in [2.05, 4.69) is 77.7 Å². The maximum absolute atomic E-state index is 12.9. The summed E-state index contributed by atoms with van der Waals surface area (Å²) in [5, 5.41) is 3.62. The Morgan fingerprint density at radius 2 is 1.77 bits per heavy atom. The van der Waals surface area contributed by atoms with Crippen LogP contribution in [0.3, 0.4) is 0 Å². The smallest absolute Gasteiger partial charge is 0.251 e. The number of benzene rings is 3. The van der Waals surface area contributed by atoms with E-state index in [1.807, 2.05) is 30.0 Å². The lowest BCUT2D eigenvalue weighted by atomic mass is 9.97. The molecule has 0 aliphatic carbocycles. The Bertz CT molecular complexity index is 1240. The van der Waals surface area contributed by atoms with E-state index in [1.165, 1.54) is 16.7 Å². The largest absolute Gasteiger partial charge is 0.489 e. The third-order valence-electron chi connectivity index (χ3n) is 8.10. The first-order chi connectivity index (χ1) is 18.9. The number of carbonyl (C=O) groups is 1. The van der Waals surface area contributed by atoms with Gasteiger partial charge >= 0.3 is 0 Å². The van der Waals surface area contributed by atoms with Crippen LogP contribution in [0, 0.1) is 0 Å². The van der Waals surface area contributed by atoms with E-state index < -0.39 is 0 Å². The van der Waals surface area contributed by atoms with Gasteiger partial charge in [-0.05, 0) is 74.0 Å². The van der Waals surface area contributed by atoms with Gasteiger partial charge in [-0.2, -0.15) is 11.8 Å². The fourth-order valence-corrected chi connectivity index (χ4v) is 7.17. The van der Waals surface area contributed by atoms with Crippen LogP contribution >= 0.6 is 23.4 Å². The highest BCUT2D eigenvalue weighted by Gasteiger charge is 2.36. The Balaban J connectivity index is 1.09. The molecule has 2 saturated heterocycles. The Morgan fingerprint density at radius 3 is 2.41 bits per heavy atom. The van der Waals surface area contributed by atoms with Crippen molar-refractivity contribution in [2.45, 2.75) is 37.5 Å². The van der Waals surface area contributed by atoms with Gasteiger partial charge < -0.3 is 15.0 Å². The van der Waals surface area contributed by atoms with Gasteiger partial charge in [-0.15, -0.1) is 0 Å². The van der Waals surface area contributed by atoms with E-state index in [0.29, 0.717) is 22.9 Å². The number of piperidine rings is 1. The normalized spacial score (nSPS) is 20.3. The Hall–Kier alpha value is -2.51. The number of thioether (sulfide) groups is 1. The molecule has 2 aliphatic rings. The minimum atomic E-state index is -0.0910. The summed E-state index contributed by atoms with van der Waals surface area (Å²) in [7, 11) is 4.18. The maximum atomic E-state index is 12.9. The fourth-order valence-electron chi connectivity index (χ4n) is 5.39. The van der Waals surface area contributed by atoms with E-state index in [0.717, 1.165) is 50.4 Å². The average Bonchev–Trinajstić information content (AvgIpc) is 3.45. The molecule has 39 heavy (non-hydrogen) atoms. The van der Waals surface area contributed by atoms with Crippen LogP contribution in [-0.4, -0.2) is 72.6 Å². The highest BCUT2D eigenvalue weighted by molar-refractivity contribution is 7.99. The summed E-state index contributed by atoms with van der Waals surface area (Å²) < 4.78 is 6.27. The van der Waals surface area contributed by atoms with Gasteiger partial charge in [0, 0.05) is 43.0 Å². The molecule has 5 nitrogen and oxygen atoms in total. The molecule has 0 bridgehead atoms. The van der Waals surface area contributed by atoms with Crippen molar-refractivity contribution in [1.29, 1.82) is 0 Å². The zero-order chi connectivity index (χ0) is 27.2. The summed E-state index contributed by atoms with van der Waals surface area (Å²) in [6.07, 6.45) is 3.10. The van der Waals surface area contributed by atoms with E-state index in [-0.39, 0.29) is 17.6 Å². The van der Waals surface area contributed by atoms with Crippen LogP contribution in [0.1, 0.15) is 35.2 Å². The number of hydrogen-bond acceptors (Lipinski definition) is 5. The monoisotopic (exact) mass is 563 g/mol. The molecule has 206 valence electrons. The summed E-state index contributed by atoms with van der Waals surface area (Å²) in [4.78, 5) is 17.6. The molecule has 7 heteroatoms. The predicted molar refractivity (Wildman–Crippen MR) is 163 cm³/mol. The van der Waals surface area contributed by atoms with Crippen LogP contribution in [0.25, 0.3) is 11.1 Å². The first-order valence-electron chi connectivity index (χ1n) is 13.8. The van der Waals surface area contributed by atoms with Gasteiger partial charge in [0.1, 0.15) is 11.9 Å². The zero-order valence-corrected chi connectivity index (χ0v) is 24.4. The van der Waals surface area contributed by atoms with E-state index in [9.17, 15) is 4.79 Å². The predicted octanol–water partition coefficient (Wildman–Crippen LogP) is 6.22. The molecule has 0 spiro atoms. The molecule has 2 heterocycles. The van der Waals surface area contributed by atoms with Gasteiger partial charge in [0.05, 0.1) is 5.02 Å². The molecule has 3 aromatic carbocycles. The van der Waals surface area contributed by atoms with Gasteiger partial charge in [0.25, 0.3) is 5.91 Å². The van der Waals surface area contributed by atoms with Crippen molar-refractivity contribution in [3.05, 3.63) is 88.9 Å². The number of likely N-dealkylation sites (N-methyl/N-ethyl adjacent to an activating group) is 1. The van der Waals surface area contributed by atoms with Gasteiger partial charge in [-0.3, -0.25) is 9.69 Å². The number of hydrogen-bond donors (Lipinski definition) is 1. The molecule has 1 atom stereocenters. The van der Waals surface area contributed by atoms with Gasteiger partial charge in [0.2, 0.25) is 0 Å². The SMILES string of the molecule is CN(C)C1(CNC(=O)c2ccc(OC3CCN(Cc4ccc(-c5ccccc5)cc4)CC3)c(Cl)c2)CCSC1. The van der Waals surface area contributed by atoms with Crippen LogP contribution in [0.2, 0.25) is 5.02 Å². The van der Waals surface area contributed by atoms with Crippen molar-refractivity contribution < 1.29 is 9.53 Å². The molecule has 5 rings (SSSR count). The Labute approximate surface area is 241 Å². The lowest BCUT2D eigenvalue weighted by Gasteiger charge is -2.35. The van der Waals surface area contributed by atoms with E-state index >= 15 is 0 Å². The number of nitrogens with one attached hydrogen (secondary N) is 1. The maximum Gasteiger partial charge on any atom is 0.251 e. The third kappa shape index (κ3) is 6.98. The Kier molecular flexibility index (Phi) is 9.18. The van der Waals surface area contributed by atoms with Crippen molar-refractivity contribution in [1.82, 2.24) is 15.1 Å². The quantitative estimate of drug-likeness (QED) is 0.335. The van der Waals surface area contributed by atoms with Crippen LogP contribution in [-0.2, 0) is 6.54 Å². The van der Waals surface area contributed by atoms with Crippen LogP contribution in [0.15, 0.2) is 72.8 Å². The van der Waals surface area contributed by atoms with Crippen LogP contribution < -0.4 is 10.1 Å². The summed E-state index contributed by atoms with van der Waals surface area (Å²) in [6, 6.07) is 24.7. The van der Waals surface area contributed by atoms with Gasteiger partial charge in [-0.25, -0.2) is 0 Å². The molecule has 2 aliphatic heterocycles. The molecule has 1 N–H and O–H groups in total. The summed E-state index contributed by atoms with van der Waals surface area (Å²) in [6.45, 7) is 3.54. The molecule has 1 amide bonds. The number of carbonyl (C=O) groups excluding carboxylic acids is 1. The number of nitrogens with zero attached hydrogens (tertiary/aromatic N) is 2. The molecule has 0 radical (unpaired) electrons. The molecular formula is C32H38ClN3O2S. The van der Waals surface area contributed by atoms with Gasteiger partial charge in [-0.1, -0.05) is 66.2 Å². The number of ether oxygens (including phenoxy) is 1.